The predicted molar refractivity (Wildman–Crippen MR) is 143 cm³/mol. The van der Waals surface area contributed by atoms with Crippen molar-refractivity contribution < 1.29 is 17.2 Å². The molecule has 0 heterocycles. The lowest BCUT2D eigenvalue weighted by atomic mass is 9.68. The van der Waals surface area contributed by atoms with Gasteiger partial charge in [-0.1, -0.05) is 129 Å². The standard InChI is InChI=1S/C28H54O4S.H3N/c1-3-28(4-2,32-33(29,30)31)24-18-10-8-6-5-7-9-17-23-27(25-19-13-11-14-20-25)26-21-15-12-16-22-26;/h25-27H,3-24H2,1-2H3,(H,29,30,31);1H3. The fourth-order valence-corrected chi connectivity index (χ4v) is 7.60. The molecule has 2 saturated carbocycles. The van der Waals surface area contributed by atoms with Gasteiger partial charge in [0.15, 0.2) is 0 Å². The molecule has 4 N–H and O–H groups in total. The molecule has 204 valence electrons. The van der Waals surface area contributed by atoms with Crippen LogP contribution in [0.4, 0.5) is 0 Å². The van der Waals surface area contributed by atoms with E-state index in [-0.39, 0.29) is 6.15 Å². The van der Waals surface area contributed by atoms with E-state index in [1.807, 2.05) is 13.8 Å². The molecule has 2 aliphatic carbocycles. The Labute approximate surface area is 212 Å². The lowest BCUT2D eigenvalue weighted by molar-refractivity contribution is 0.0414. The van der Waals surface area contributed by atoms with E-state index in [0.717, 1.165) is 30.6 Å². The maximum Gasteiger partial charge on any atom is 0.218 e. The Kier molecular flexibility index (Phi) is 16.2. The van der Waals surface area contributed by atoms with E-state index < -0.39 is 16.0 Å². The van der Waals surface area contributed by atoms with Crippen molar-refractivity contribution in [3.05, 3.63) is 0 Å². The molecule has 0 aliphatic heterocycles. The lowest BCUT2D eigenvalue weighted by Crippen LogP contribution is -2.33. The molecular formula is C28H57NO4S. The summed E-state index contributed by atoms with van der Waals surface area (Å²) in [5, 5.41) is 0. The molecule has 0 aromatic rings. The fraction of sp³-hybridized carbons (Fsp3) is 1.00. The van der Waals surface area contributed by atoms with Crippen molar-refractivity contribution in [2.24, 2.45) is 17.8 Å². The zero-order valence-corrected chi connectivity index (χ0v) is 23.6. The van der Waals surface area contributed by atoms with Crippen LogP contribution in [0.2, 0.25) is 0 Å². The van der Waals surface area contributed by atoms with Crippen molar-refractivity contribution in [2.75, 3.05) is 0 Å². The Hall–Kier alpha value is -0.170. The van der Waals surface area contributed by atoms with Crippen LogP contribution in [0.5, 0.6) is 0 Å². The van der Waals surface area contributed by atoms with Gasteiger partial charge in [-0.15, -0.1) is 0 Å². The molecule has 0 radical (unpaired) electrons. The molecule has 0 atom stereocenters. The van der Waals surface area contributed by atoms with E-state index in [1.165, 1.54) is 109 Å². The van der Waals surface area contributed by atoms with Crippen molar-refractivity contribution in [2.45, 2.75) is 161 Å². The van der Waals surface area contributed by atoms with Gasteiger partial charge in [-0.25, -0.2) is 8.42 Å². The van der Waals surface area contributed by atoms with Crippen LogP contribution in [0.15, 0.2) is 0 Å². The monoisotopic (exact) mass is 503 g/mol. The van der Waals surface area contributed by atoms with E-state index in [9.17, 15) is 13.0 Å². The van der Waals surface area contributed by atoms with Crippen LogP contribution in [0.1, 0.15) is 155 Å². The van der Waals surface area contributed by atoms with Crippen LogP contribution in [0.3, 0.4) is 0 Å². The number of quaternary nitrogens is 1. The highest BCUT2D eigenvalue weighted by Crippen LogP contribution is 2.42. The number of hydrogen-bond donors (Lipinski definition) is 1. The number of rotatable bonds is 17. The Morgan fingerprint density at radius 3 is 1.56 bits per heavy atom. The van der Waals surface area contributed by atoms with Gasteiger partial charge in [-0.05, 0) is 43.4 Å². The Balaban J connectivity index is 0.00000578. The third-order valence-corrected chi connectivity index (χ3v) is 9.56. The van der Waals surface area contributed by atoms with E-state index in [4.69, 9.17) is 4.18 Å². The predicted octanol–water partition coefficient (Wildman–Crippen LogP) is 9.08. The minimum absolute atomic E-state index is 0. The van der Waals surface area contributed by atoms with Crippen LogP contribution in [0, 0.1) is 17.8 Å². The van der Waals surface area contributed by atoms with Crippen LogP contribution >= 0.6 is 0 Å². The summed E-state index contributed by atoms with van der Waals surface area (Å²) in [5.74, 6) is 3.07. The van der Waals surface area contributed by atoms with Gasteiger partial charge >= 0.3 is 0 Å². The Bertz CT molecular complexity index is 576. The van der Waals surface area contributed by atoms with Gasteiger partial charge in [0.1, 0.15) is 0 Å². The third-order valence-electron chi connectivity index (χ3n) is 9.00. The molecule has 2 aliphatic rings. The van der Waals surface area contributed by atoms with Crippen molar-refractivity contribution >= 4 is 10.4 Å². The first kappa shape index (κ1) is 31.9. The first-order valence-electron chi connectivity index (χ1n) is 14.6. The highest BCUT2D eigenvalue weighted by molar-refractivity contribution is 7.80. The van der Waals surface area contributed by atoms with Crippen molar-refractivity contribution in [1.29, 1.82) is 0 Å². The second-order valence-corrected chi connectivity index (χ2v) is 12.2. The zero-order chi connectivity index (χ0) is 24.0. The quantitative estimate of drug-likeness (QED) is 0.121. The Morgan fingerprint density at radius 2 is 1.15 bits per heavy atom. The molecule has 0 unspecified atom stereocenters. The average Bonchev–Trinajstić information content (AvgIpc) is 2.82. The zero-order valence-electron chi connectivity index (χ0n) is 22.8. The summed E-state index contributed by atoms with van der Waals surface area (Å²) in [5.41, 5.74) is -0.798. The number of unbranched alkanes of at least 4 members (excludes halogenated alkanes) is 7. The van der Waals surface area contributed by atoms with Gasteiger partial charge in [0.05, 0.1) is 5.60 Å². The SMILES string of the molecule is CCC(CC)(CCCCCCCCCCC(C1CCCCC1)C1CCCCC1)OS(=O)(=O)[O-].[NH4+]. The molecule has 0 aromatic heterocycles. The molecule has 2 rings (SSSR count). The van der Waals surface area contributed by atoms with Crippen molar-refractivity contribution in [3.8, 4) is 0 Å². The summed E-state index contributed by atoms with van der Waals surface area (Å²) < 4.78 is 38.1. The molecule has 0 spiro atoms. The molecule has 6 heteroatoms. The molecule has 5 nitrogen and oxygen atoms in total. The minimum atomic E-state index is -4.64. The van der Waals surface area contributed by atoms with Crippen molar-refractivity contribution in [1.82, 2.24) is 6.15 Å². The molecule has 0 amide bonds. The first-order valence-corrected chi connectivity index (χ1v) is 15.9. The molecule has 0 aromatic carbocycles. The van der Waals surface area contributed by atoms with Crippen LogP contribution in [-0.2, 0) is 14.6 Å². The van der Waals surface area contributed by atoms with Gasteiger partial charge < -0.3 is 10.7 Å². The van der Waals surface area contributed by atoms with E-state index >= 15 is 0 Å². The van der Waals surface area contributed by atoms with Crippen LogP contribution < -0.4 is 6.15 Å². The number of hydrogen-bond acceptors (Lipinski definition) is 4. The molecule has 0 saturated heterocycles. The summed E-state index contributed by atoms with van der Waals surface area (Å²) in [4.78, 5) is 0. The summed E-state index contributed by atoms with van der Waals surface area (Å²) in [6, 6.07) is 0. The van der Waals surface area contributed by atoms with Gasteiger partial charge in [-0.2, -0.15) is 0 Å². The average molecular weight is 504 g/mol. The first-order chi connectivity index (χ1) is 15.9. The second-order valence-electron chi connectivity index (χ2n) is 11.2. The maximum absolute atomic E-state index is 11.1. The summed E-state index contributed by atoms with van der Waals surface area (Å²) in [6.45, 7) is 3.81. The molecule has 0 bridgehead atoms. The highest BCUT2D eigenvalue weighted by atomic mass is 32.3. The normalized spacial score (nSPS) is 18.8. The molecule has 34 heavy (non-hydrogen) atoms. The van der Waals surface area contributed by atoms with E-state index in [1.54, 1.807) is 0 Å². The Morgan fingerprint density at radius 1 is 0.735 bits per heavy atom. The second kappa shape index (κ2) is 17.3. The molecular weight excluding hydrogens is 446 g/mol. The molecule has 2 fully saturated rings. The highest BCUT2D eigenvalue weighted by Gasteiger charge is 2.31. The lowest BCUT2D eigenvalue weighted by Gasteiger charge is -2.38. The summed E-state index contributed by atoms with van der Waals surface area (Å²) in [6.07, 6.45) is 28.1. The summed E-state index contributed by atoms with van der Waals surface area (Å²) >= 11 is 0. The van der Waals surface area contributed by atoms with Crippen LogP contribution in [0.25, 0.3) is 0 Å². The van der Waals surface area contributed by atoms with Gasteiger partial charge in [0, 0.05) is 0 Å². The van der Waals surface area contributed by atoms with E-state index in [0.29, 0.717) is 19.3 Å². The summed E-state index contributed by atoms with van der Waals surface area (Å²) in [7, 11) is -4.64. The van der Waals surface area contributed by atoms with E-state index in [2.05, 4.69) is 0 Å². The maximum atomic E-state index is 11.1. The van der Waals surface area contributed by atoms with Crippen LogP contribution in [-0.4, -0.2) is 18.6 Å². The van der Waals surface area contributed by atoms with Crippen molar-refractivity contribution in [3.63, 3.8) is 0 Å². The van der Waals surface area contributed by atoms with Gasteiger partial charge in [-0.3, -0.25) is 4.18 Å². The largest absolute Gasteiger partial charge is 0.726 e. The minimum Gasteiger partial charge on any atom is -0.726 e. The van der Waals surface area contributed by atoms with Gasteiger partial charge in [0.25, 0.3) is 0 Å². The topological polar surface area (TPSA) is 103 Å². The third kappa shape index (κ3) is 12.2. The smallest absolute Gasteiger partial charge is 0.218 e. The van der Waals surface area contributed by atoms with Gasteiger partial charge in [0.2, 0.25) is 10.4 Å². The fourth-order valence-electron chi connectivity index (χ4n) is 6.85.